The molecule has 1 aliphatic rings. The third-order valence-corrected chi connectivity index (χ3v) is 5.60. The second-order valence-electron chi connectivity index (χ2n) is 8.01. The molecule has 0 radical (unpaired) electrons. The lowest BCUT2D eigenvalue weighted by Crippen LogP contribution is -2.55. The van der Waals surface area contributed by atoms with E-state index in [2.05, 4.69) is 10.3 Å². The van der Waals surface area contributed by atoms with Gasteiger partial charge in [-0.15, -0.1) is 0 Å². The highest BCUT2D eigenvalue weighted by Crippen LogP contribution is 2.29. The number of hydrogen-bond donors (Lipinski definition) is 2. The number of nitrogens with zero attached hydrogens (tertiary/aromatic N) is 2. The van der Waals surface area contributed by atoms with E-state index in [1.807, 2.05) is 6.92 Å². The van der Waals surface area contributed by atoms with E-state index in [-0.39, 0.29) is 23.6 Å². The van der Waals surface area contributed by atoms with Gasteiger partial charge >= 0.3 is 0 Å². The van der Waals surface area contributed by atoms with E-state index in [9.17, 15) is 13.6 Å². The molecule has 8 heteroatoms. The summed E-state index contributed by atoms with van der Waals surface area (Å²) in [4.78, 5) is 17.3. The van der Waals surface area contributed by atoms with E-state index in [0.29, 0.717) is 29.3 Å². The molecular weight excluding hydrogens is 390 g/mol. The molecule has 2 aromatic heterocycles. The Balaban J connectivity index is 1.62. The number of nitrogens with one attached hydrogen (secondary N) is 1. The predicted molar refractivity (Wildman–Crippen MR) is 108 cm³/mol. The Morgan fingerprint density at radius 3 is 2.63 bits per heavy atom. The quantitative estimate of drug-likeness (QED) is 0.648. The van der Waals surface area contributed by atoms with Crippen LogP contribution in [0.25, 0.3) is 5.65 Å². The maximum atomic E-state index is 13.9. The van der Waals surface area contributed by atoms with Gasteiger partial charge in [-0.1, -0.05) is 6.07 Å². The van der Waals surface area contributed by atoms with E-state index in [1.54, 1.807) is 23.6 Å². The first kappa shape index (κ1) is 20.3. The number of nitrogens with two attached hydrogens (primary N) is 1. The van der Waals surface area contributed by atoms with Crippen LogP contribution in [-0.4, -0.2) is 27.4 Å². The van der Waals surface area contributed by atoms with Gasteiger partial charge < -0.3 is 15.8 Å². The smallest absolute Gasteiger partial charge is 0.270 e. The Kier molecular flexibility index (Phi) is 5.19. The zero-order valence-corrected chi connectivity index (χ0v) is 17.0. The van der Waals surface area contributed by atoms with Gasteiger partial charge in [0, 0.05) is 18.3 Å². The van der Waals surface area contributed by atoms with E-state index >= 15 is 0 Å². The van der Waals surface area contributed by atoms with Crippen molar-refractivity contribution in [1.82, 2.24) is 14.7 Å². The maximum Gasteiger partial charge on any atom is 0.270 e. The van der Waals surface area contributed by atoms with Crippen molar-refractivity contribution in [3.8, 4) is 5.75 Å². The van der Waals surface area contributed by atoms with Gasteiger partial charge in [0.15, 0.2) is 11.4 Å². The number of hydrogen-bond acceptors (Lipinski definition) is 4. The van der Waals surface area contributed by atoms with Gasteiger partial charge in [-0.2, -0.15) is 0 Å². The van der Waals surface area contributed by atoms with Crippen molar-refractivity contribution in [1.29, 1.82) is 0 Å². The zero-order valence-electron chi connectivity index (χ0n) is 17.0. The van der Waals surface area contributed by atoms with E-state index in [0.717, 1.165) is 24.8 Å². The largest absolute Gasteiger partial charge is 0.485 e. The van der Waals surface area contributed by atoms with Crippen LogP contribution < -0.4 is 15.8 Å². The second-order valence-corrected chi connectivity index (χ2v) is 8.01. The average Bonchev–Trinajstić information content (AvgIpc) is 3.00. The molecule has 0 saturated heterocycles. The van der Waals surface area contributed by atoms with E-state index < -0.39 is 11.6 Å². The SMILES string of the molecule is Cc1cc(OCc2c(F)cccc2F)c2nc(C)c(C(=O)NCC3(N)CCC3)n2c1. The topological polar surface area (TPSA) is 81.6 Å². The van der Waals surface area contributed by atoms with Crippen LogP contribution in [0.3, 0.4) is 0 Å². The summed E-state index contributed by atoms with van der Waals surface area (Å²) in [6, 6.07) is 5.40. The molecule has 2 heterocycles. The van der Waals surface area contributed by atoms with Crippen LogP contribution in [0.1, 0.15) is 46.6 Å². The number of imidazole rings is 1. The van der Waals surface area contributed by atoms with Crippen molar-refractivity contribution in [2.45, 2.75) is 45.3 Å². The van der Waals surface area contributed by atoms with E-state index in [1.165, 1.54) is 18.2 Å². The number of amides is 1. The molecule has 0 unspecified atom stereocenters. The monoisotopic (exact) mass is 414 g/mol. The number of benzene rings is 1. The summed E-state index contributed by atoms with van der Waals surface area (Å²) >= 11 is 0. The lowest BCUT2D eigenvalue weighted by atomic mass is 9.78. The van der Waals surface area contributed by atoms with Crippen LogP contribution >= 0.6 is 0 Å². The van der Waals surface area contributed by atoms with Crippen LogP contribution in [0.5, 0.6) is 5.75 Å². The van der Waals surface area contributed by atoms with Crippen molar-refractivity contribution in [2.24, 2.45) is 5.73 Å². The number of carbonyl (C=O) groups excluding carboxylic acids is 1. The van der Waals surface area contributed by atoms with Gasteiger partial charge in [-0.25, -0.2) is 13.8 Å². The van der Waals surface area contributed by atoms with Crippen molar-refractivity contribution in [3.05, 3.63) is 64.6 Å². The molecule has 1 aliphatic carbocycles. The van der Waals surface area contributed by atoms with Crippen molar-refractivity contribution < 1.29 is 18.3 Å². The first-order chi connectivity index (χ1) is 14.3. The highest BCUT2D eigenvalue weighted by atomic mass is 19.1. The number of fused-ring (bicyclic) bond motifs is 1. The summed E-state index contributed by atoms with van der Waals surface area (Å²) in [6.45, 7) is 3.69. The Bertz CT molecular complexity index is 1100. The molecule has 1 fully saturated rings. The van der Waals surface area contributed by atoms with Crippen molar-refractivity contribution in [2.75, 3.05) is 6.54 Å². The maximum absolute atomic E-state index is 13.9. The first-order valence-corrected chi connectivity index (χ1v) is 9.89. The minimum absolute atomic E-state index is 0.160. The van der Waals surface area contributed by atoms with Crippen LogP contribution in [-0.2, 0) is 6.61 Å². The lowest BCUT2D eigenvalue weighted by Gasteiger charge is -2.38. The van der Waals surface area contributed by atoms with Gasteiger partial charge in [0.2, 0.25) is 0 Å². The Hall–Kier alpha value is -3.00. The molecular formula is C22H24F2N4O2. The number of pyridine rings is 1. The lowest BCUT2D eigenvalue weighted by molar-refractivity contribution is 0.0923. The van der Waals surface area contributed by atoms with Gasteiger partial charge in [-0.3, -0.25) is 9.20 Å². The van der Waals surface area contributed by atoms with E-state index in [4.69, 9.17) is 10.5 Å². The normalized spacial score (nSPS) is 15.1. The highest BCUT2D eigenvalue weighted by molar-refractivity contribution is 5.95. The summed E-state index contributed by atoms with van der Waals surface area (Å²) in [5, 5.41) is 2.91. The summed E-state index contributed by atoms with van der Waals surface area (Å²) in [6.07, 6.45) is 4.64. The van der Waals surface area contributed by atoms with Crippen molar-refractivity contribution >= 4 is 11.6 Å². The highest BCUT2D eigenvalue weighted by Gasteiger charge is 2.33. The van der Waals surface area contributed by atoms with Gasteiger partial charge in [0.1, 0.15) is 23.9 Å². The molecule has 158 valence electrons. The molecule has 6 nitrogen and oxygen atoms in total. The Morgan fingerprint density at radius 2 is 2.00 bits per heavy atom. The van der Waals surface area contributed by atoms with Crippen LogP contribution in [0.4, 0.5) is 8.78 Å². The number of ether oxygens (including phenoxy) is 1. The first-order valence-electron chi connectivity index (χ1n) is 9.89. The summed E-state index contributed by atoms with van der Waals surface area (Å²) < 4.78 is 35.2. The molecule has 0 atom stereocenters. The molecule has 1 amide bonds. The van der Waals surface area contributed by atoms with Crippen molar-refractivity contribution in [3.63, 3.8) is 0 Å². The number of aryl methyl sites for hydroxylation is 2. The van der Waals surface area contributed by atoms with Gasteiger partial charge in [0.05, 0.1) is 11.3 Å². The number of carbonyl (C=O) groups is 1. The predicted octanol–water partition coefficient (Wildman–Crippen LogP) is 3.42. The fourth-order valence-electron chi connectivity index (χ4n) is 3.71. The third kappa shape index (κ3) is 3.75. The molecule has 4 rings (SSSR count). The van der Waals surface area contributed by atoms with Gasteiger partial charge in [0.25, 0.3) is 5.91 Å². The standard InChI is InChI=1S/C22H24F2N4O2/c1-13-9-18(30-11-15-16(23)5-3-6-17(15)24)20-27-14(2)19(28(20)10-13)21(29)26-12-22(25)7-4-8-22/h3,5-6,9-10H,4,7-8,11-12,25H2,1-2H3,(H,26,29). The number of aromatic nitrogens is 2. The van der Waals surface area contributed by atoms with Crippen LogP contribution in [0.15, 0.2) is 30.5 Å². The zero-order chi connectivity index (χ0) is 21.5. The minimum Gasteiger partial charge on any atom is -0.485 e. The number of rotatable bonds is 6. The fraction of sp³-hybridized carbons (Fsp3) is 0.364. The summed E-state index contributed by atoms with van der Waals surface area (Å²) in [5.41, 5.74) is 7.84. The summed E-state index contributed by atoms with van der Waals surface area (Å²) in [5.74, 6) is -1.28. The molecule has 1 saturated carbocycles. The Morgan fingerprint density at radius 1 is 1.30 bits per heavy atom. The third-order valence-electron chi connectivity index (χ3n) is 5.60. The molecule has 0 bridgehead atoms. The number of halogens is 2. The molecule has 3 N–H and O–H groups in total. The van der Waals surface area contributed by atoms with Gasteiger partial charge in [-0.05, 0) is 56.9 Å². The minimum atomic E-state index is -0.676. The fourth-order valence-corrected chi connectivity index (χ4v) is 3.71. The molecule has 0 aliphatic heterocycles. The van der Waals surface area contributed by atoms with Crippen LogP contribution in [0, 0.1) is 25.5 Å². The molecule has 30 heavy (non-hydrogen) atoms. The Labute approximate surface area is 173 Å². The molecule has 3 aromatic rings. The average molecular weight is 414 g/mol. The van der Waals surface area contributed by atoms with Crippen LogP contribution in [0.2, 0.25) is 0 Å². The second kappa shape index (κ2) is 7.68. The molecule has 1 aromatic carbocycles. The molecule has 0 spiro atoms. The summed E-state index contributed by atoms with van der Waals surface area (Å²) in [7, 11) is 0.